The molecule has 6 heteroatoms. The summed E-state index contributed by atoms with van der Waals surface area (Å²) in [5.41, 5.74) is 1.41. The highest BCUT2D eigenvalue weighted by Crippen LogP contribution is 2.27. The first-order valence-corrected chi connectivity index (χ1v) is 7.07. The van der Waals surface area contributed by atoms with Gasteiger partial charge in [0.2, 0.25) is 0 Å². The third-order valence-electron chi connectivity index (χ3n) is 2.76. The fourth-order valence-corrected chi connectivity index (χ4v) is 2.19. The molecule has 0 aliphatic rings. The third-order valence-corrected chi connectivity index (χ3v) is 3.97. The second-order valence-corrected chi connectivity index (χ2v) is 5.37. The topological polar surface area (TPSA) is 62.1 Å². The Morgan fingerprint density at radius 1 is 1.33 bits per heavy atom. The van der Waals surface area contributed by atoms with E-state index in [1.54, 1.807) is 36.4 Å². The lowest BCUT2D eigenvalue weighted by molar-refractivity contribution is 0.102. The maximum Gasteiger partial charge on any atom is 0.255 e. The Hall–Kier alpha value is -2.03. The summed E-state index contributed by atoms with van der Waals surface area (Å²) in [5.74, 6) is 0.130. The molecule has 0 saturated heterocycles. The van der Waals surface area contributed by atoms with Crippen molar-refractivity contribution in [1.82, 2.24) is 0 Å². The number of carbonyl (C=O) groups is 1. The van der Waals surface area contributed by atoms with Crippen LogP contribution in [0.2, 0.25) is 5.02 Å². The minimum atomic E-state index is -0.296. The SMILES string of the molecule is COc1cc(C#N)ccc1NC(=O)c1ccc(Cl)c(Br)c1. The van der Waals surface area contributed by atoms with Crippen molar-refractivity contribution in [1.29, 1.82) is 5.26 Å². The molecule has 0 fully saturated rings. The van der Waals surface area contributed by atoms with E-state index < -0.39 is 0 Å². The quantitative estimate of drug-likeness (QED) is 0.885. The van der Waals surface area contributed by atoms with Gasteiger partial charge in [0.25, 0.3) is 5.91 Å². The summed E-state index contributed by atoms with van der Waals surface area (Å²) in [6.45, 7) is 0. The summed E-state index contributed by atoms with van der Waals surface area (Å²) in [7, 11) is 1.48. The Morgan fingerprint density at radius 3 is 2.71 bits per heavy atom. The Labute approximate surface area is 135 Å². The highest BCUT2D eigenvalue weighted by molar-refractivity contribution is 9.10. The average Bonchev–Trinajstić information content (AvgIpc) is 2.50. The molecule has 0 unspecified atom stereocenters. The number of halogens is 2. The van der Waals surface area contributed by atoms with Gasteiger partial charge in [-0.2, -0.15) is 5.26 Å². The number of methoxy groups -OCH3 is 1. The molecule has 0 heterocycles. The zero-order valence-corrected chi connectivity index (χ0v) is 13.3. The lowest BCUT2D eigenvalue weighted by Crippen LogP contribution is -2.12. The number of rotatable bonds is 3. The zero-order valence-electron chi connectivity index (χ0n) is 11.0. The number of anilines is 1. The second kappa shape index (κ2) is 6.61. The minimum Gasteiger partial charge on any atom is -0.495 e. The molecule has 2 aromatic rings. The normalized spacial score (nSPS) is 9.81. The van der Waals surface area contributed by atoms with Gasteiger partial charge in [-0.15, -0.1) is 0 Å². The number of ether oxygens (including phenoxy) is 1. The van der Waals surface area contributed by atoms with E-state index in [0.717, 1.165) is 0 Å². The van der Waals surface area contributed by atoms with Crippen LogP contribution in [-0.4, -0.2) is 13.0 Å². The molecule has 2 aromatic carbocycles. The molecule has 1 amide bonds. The number of nitriles is 1. The molecule has 4 nitrogen and oxygen atoms in total. The van der Waals surface area contributed by atoms with Gasteiger partial charge in [0, 0.05) is 16.1 Å². The van der Waals surface area contributed by atoms with Crippen LogP contribution in [0, 0.1) is 11.3 Å². The summed E-state index contributed by atoms with van der Waals surface area (Å²) in [6.07, 6.45) is 0. The van der Waals surface area contributed by atoms with Gasteiger partial charge in [0.05, 0.1) is 29.5 Å². The highest BCUT2D eigenvalue weighted by atomic mass is 79.9. The van der Waals surface area contributed by atoms with E-state index in [2.05, 4.69) is 21.2 Å². The lowest BCUT2D eigenvalue weighted by Gasteiger charge is -2.10. The highest BCUT2D eigenvalue weighted by Gasteiger charge is 2.11. The van der Waals surface area contributed by atoms with Gasteiger partial charge in [0.15, 0.2) is 0 Å². The van der Waals surface area contributed by atoms with E-state index in [-0.39, 0.29) is 5.91 Å². The van der Waals surface area contributed by atoms with Crippen LogP contribution in [0.4, 0.5) is 5.69 Å². The first-order chi connectivity index (χ1) is 10.0. The minimum absolute atomic E-state index is 0.296. The molecule has 2 rings (SSSR count). The summed E-state index contributed by atoms with van der Waals surface area (Å²) >= 11 is 9.17. The van der Waals surface area contributed by atoms with Crippen LogP contribution in [0.15, 0.2) is 40.9 Å². The van der Waals surface area contributed by atoms with Gasteiger partial charge in [-0.25, -0.2) is 0 Å². The molecule has 0 spiro atoms. The molecule has 1 N–H and O–H groups in total. The Balaban J connectivity index is 2.27. The Morgan fingerprint density at radius 2 is 2.10 bits per heavy atom. The molecule has 0 saturated carbocycles. The monoisotopic (exact) mass is 364 g/mol. The molecular formula is C15H10BrClN2O2. The van der Waals surface area contributed by atoms with E-state index in [4.69, 9.17) is 21.6 Å². The summed E-state index contributed by atoms with van der Waals surface area (Å²) < 4.78 is 5.81. The van der Waals surface area contributed by atoms with Crippen LogP contribution in [-0.2, 0) is 0 Å². The predicted octanol–water partition coefficient (Wildman–Crippen LogP) is 4.24. The zero-order chi connectivity index (χ0) is 15.4. The Bertz CT molecular complexity index is 741. The van der Waals surface area contributed by atoms with Gasteiger partial charge in [-0.1, -0.05) is 11.6 Å². The molecule has 21 heavy (non-hydrogen) atoms. The molecule has 0 atom stereocenters. The molecule has 0 aromatic heterocycles. The first kappa shape index (κ1) is 15.4. The van der Waals surface area contributed by atoms with Gasteiger partial charge in [-0.05, 0) is 46.3 Å². The maximum absolute atomic E-state index is 12.2. The summed E-state index contributed by atoms with van der Waals surface area (Å²) in [5, 5.41) is 12.1. The summed E-state index contributed by atoms with van der Waals surface area (Å²) in [6, 6.07) is 11.7. The van der Waals surface area contributed by atoms with E-state index in [9.17, 15) is 4.79 Å². The maximum atomic E-state index is 12.2. The van der Waals surface area contributed by atoms with Crippen molar-refractivity contribution in [3.05, 3.63) is 57.0 Å². The summed E-state index contributed by atoms with van der Waals surface area (Å²) in [4.78, 5) is 12.2. The number of benzene rings is 2. The van der Waals surface area contributed by atoms with Crippen molar-refractivity contribution in [3.63, 3.8) is 0 Å². The van der Waals surface area contributed by atoms with Crippen LogP contribution in [0.5, 0.6) is 5.75 Å². The predicted molar refractivity (Wildman–Crippen MR) is 84.8 cm³/mol. The fourth-order valence-electron chi connectivity index (χ4n) is 1.70. The number of hydrogen-bond donors (Lipinski definition) is 1. The molecule has 0 bridgehead atoms. The third kappa shape index (κ3) is 3.54. The van der Waals surface area contributed by atoms with Gasteiger partial charge in [-0.3, -0.25) is 4.79 Å². The van der Waals surface area contributed by atoms with Crippen molar-refractivity contribution in [2.24, 2.45) is 0 Å². The first-order valence-electron chi connectivity index (χ1n) is 5.89. The van der Waals surface area contributed by atoms with Crippen molar-refractivity contribution < 1.29 is 9.53 Å². The number of nitrogens with one attached hydrogen (secondary N) is 1. The van der Waals surface area contributed by atoms with Crippen LogP contribution in [0.3, 0.4) is 0 Å². The van der Waals surface area contributed by atoms with Gasteiger partial charge < -0.3 is 10.1 Å². The lowest BCUT2D eigenvalue weighted by atomic mass is 10.1. The number of carbonyl (C=O) groups excluding carboxylic acids is 1. The van der Waals surface area contributed by atoms with E-state index >= 15 is 0 Å². The standard InChI is InChI=1S/C15H10BrClN2O2/c1-21-14-6-9(8-18)2-5-13(14)19-15(20)10-3-4-12(17)11(16)7-10/h2-7H,1H3,(H,19,20). The van der Waals surface area contributed by atoms with Crippen LogP contribution >= 0.6 is 27.5 Å². The fraction of sp³-hybridized carbons (Fsp3) is 0.0667. The number of amides is 1. The van der Waals surface area contributed by atoms with Crippen molar-refractivity contribution in [2.75, 3.05) is 12.4 Å². The number of hydrogen-bond acceptors (Lipinski definition) is 3. The number of nitrogens with zero attached hydrogens (tertiary/aromatic N) is 1. The van der Waals surface area contributed by atoms with E-state index in [1.165, 1.54) is 7.11 Å². The van der Waals surface area contributed by atoms with Gasteiger partial charge >= 0.3 is 0 Å². The Kier molecular flexibility index (Phi) is 4.84. The smallest absolute Gasteiger partial charge is 0.255 e. The van der Waals surface area contributed by atoms with Crippen molar-refractivity contribution in [2.45, 2.75) is 0 Å². The molecule has 106 valence electrons. The van der Waals surface area contributed by atoms with Crippen molar-refractivity contribution >= 4 is 39.1 Å². The largest absolute Gasteiger partial charge is 0.495 e. The molecule has 0 radical (unpaired) electrons. The van der Waals surface area contributed by atoms with E-state index in [0.29, 0.717) is 32.1 Å². The second-order valence-electron chi connectivity index (χ2n) is 4.11. The van der Waals surface area contributed by atoms with Crippen molar-refractivity contribution in [3.8, 4) is 11.8 Å². The van der Waals surface area contributed by atoms with Crippen LogP contribution in [0.25, 0.3) is 0 Å². The average molecular weight is 366 g/mol. The van der Waals surface area contributed by atoms with Gasteiger partial charge in [0.1, 0.15) is 5.75 Å². The molecule has 0 aliphatic carbocycles. The van der Waals surface area contributed by atoms with Crippen LogP contribution < -0.4 is 10.1 Å². The molecule has 0 aliphatic heterocycles. The van der Waals surface area contributed by atoms with Crippen LogP contribution in [0.1, 0.15) is 15.9 Å². The molecular weight excluding hydrogens is 356 g/mol. The van der Waals surface area contributed by atoms with E-state index in [1.807, 2.05) is 6.07 Å².